The average Bonchev–Trinajstić information content (AvgIpc) is 2.90. The maximum atomic E-state index is 12.1. The fourth-order valence-electron chi connectivity index (χ4n) is 2.32. The van der Waals surface area contributed by atoms with Crippen molar-refractivity contribution in [1.82, 2.24) is 14.5 Å². The Balaban J connectivity index is 1.87. The van der Waals surface area contributed by atoms with Gasteiger partial charge >= 0.3 is 0 Å². The number of non-ortho nitro benzene ring substituents is 1. The van der Waals surface area contributed by atoms with Crippen molar-refractivity contribution in [2.75, 3.05) is 5.32 Å². The topological polar surface area (TPSA) is 103 Å². The van der Waals surface area contributed by atoms with Crippen LogP contribution in [0.2, 0.25) is 0 Å². The van der Waals surface area contributed by atoms with E-state index < -0.39 is 4.92 Å². The second-order valence-electron chi connectivity index (χ2n) is 5.04. The number of imidazole rings is 1. The number of hydrogen-bond donors (Lipinski definition) is 1. The highest BCUT2D eigenvalue weighted by molar-refractivity contribution is 5.92. The number of fused-ring (bicyclic) bond motifs is 1. The second kappa shape index (κ2) is 5.84. The molecule has 23 heavy (non-hydrogen) atoms. The molecule has 3 aromatic rings. The first-order valence-corrected chi connectivity index (χ1v) is 6.85. The monoisotopic (exact) mass is 311 g/mol. The molecule has 0 atom stereocenters. The van der Waals surface area contributed by atoms with Gasteiger partial charge in [-0.1, -0.05) is 6.07 Å². The van der Waals surface area contributed by atoms with Gasteiger partial charge in [0.1, 0.15) is 17.9 Å². The van der Waals surface area contributed by atoms with Crippen LogP contribution in [0.4, 0.5) is 11.5 Å². The maximum absolute atomic E-state index is 12.1. The van der Waals surface area contributed by atoms with Crippen LogP contribution < -0.4 is 5.32 Å². The number of nitro groups is 1. The van der Waals surface area contributed by atoms with Crippen molar-refractivity contribution in [3.8, 4) is 0 Å². The summed E-state index contributed by atoms with van der Waals surface area (Å²) in [5.41, 5.74) is 1.69. The number of nitro benzene ring substituents is 1. The molecule has 3 rings (SSSR count). The van der Waals surface area contributed by atoms with E-state index in [2.05, 4.69) is 15.3 Å². The SMILES string of the molecule is Cc1ccnc(NC(=O)Cn2cnc3cccc([N+](=O)[O-])c32)c1. The van der Waals surface area contributed by atoms with E-state index in [1.165, 1.54) is 17.0 Å². The van der Waals surface area contributed by atoms with Gasteiger partial charge in [0.15, 0.2) is 0 Å². The van der Waals surface area contributed by atoms with Crippen LogP contribution in [-0.2, 0) is 11.3 Å². The van der Waals surface area contributed by atoms with Crippen molar-refractivity contribution in [2.45, 2.75) is 13.5 Å². The number of carbonyl (C=O) groups excluding carboxylic acids is 1. The lowest BCUT2D eigenvalue weighted by molar-refractivity contribution is -0.383. The molecule has 1 N–H and O–H groups in total. The summed E-state index contributed by atoms with van der Waals surface area (Å²) in [6.45, 7) is 1.81. The molecular weight excluding hydrogens is 298 g/mol. The van der Waals surface area contributed by atoms with Gasteiger partial charge in [0.2, 0.25) is 5.91 Å². The van der Waals surface area contributed by atoms with Crippen LogP contribution in [0, 0.1) is 17.0 Å². The number of rotatable bonds is 4. The number of nitrogens with zero attached hydrogens (tertiary/aromatic N) is 4. The van der Waals surface area contributed by atoms with E-state index in [-0.39, 0.29) is 18.1 Å². The summed E-state index contributed by atoms with van der Waals surface area (Å²) in [5, 5.41) is 13.8. The number of hydrogen-bond acceptors (Lipinski definition) is 5. The molecule has 116 valence electrons. The Bertz CT molecular complexity index is 903. The van der Waals surface area contributed by atoms with Crippen LogP contribution in [-0.4, -0.2) is 25.4 Å². The molecule has 0 aliphatic carbocycles. The van der Waals surface area contributed by atoms with Crippen LogP contribution in [0.3, 0.4) is 0 Å². The molecule has 0 unspecified atom stereocenters. The first kappa shape index (κ1) is 14.6. The molecule has 0 aliphatic heterocycles. The number of anilines is 1. The minimum Gasteiger partial charge on any atom is -0.315 e. The largest absolute Gasteiger partial charge is 0.315 e. The van der Waals surface area contributed by atoms with E-state index >= 15 is 0 Å². The van der Waals surface area contributed by atoms with Gasteiger partial charge in [-0.05, 0) is 30.7 Å². The maximum Gasteiger partial charge on any atom is 0.295 e. The summed E-state index contributed by atoms with van der Waals surface area (Å²) in [7, 11) is 0. The number of aryl methyl sites for hydroxylation is 1. The lowest BCUT2D eigenvalue weighted by Crippen LogP contribution is -2.19. The van der Waals surface area contributed by atoms with Gasteiger partial charge in [0, 0.05) is 12.3 Å². The van der Waals surface area contributed by atoms with Crippen LogP contribution >= 0.6 is 0 Å². The fraction of sp³-hybridized carbons (Fsp3) is 0.133. The van der Waals surface area contributed by atoms with Crippen molar-refractivity contribution < 1.29 is 9.72 Å². The number of para-hydroxylation sites is 1. The van der Waals surface area contributed by atoms with Crippen LogP contribution in [0.25, 0.3) is 11.0 Å². The molecule has 0 spiro atoms. The summed E-state index contributed by atoms with van der Waals surface area (Å²) in [5.74, 6) is 0.106. The summed E-state index contributed by atoms with van der Waals surface area (Å²) >= 11 is 0. The van der Waals surface area contributed by atoms with E-state index in [1.807, 2.05) is 13.0 Å². The average molecular weight is 311 g/mol. The molecule has 2 heterocycles. The third-order valence-electron chi connectivity index (χ3n) is 3.31. The van der Waals surface area contributed by atoms with Crippen molar-refractivity contribution in [1.29, 1.82) is 0 Å². The molecule has 8 nitrogen and oxygen atoms in total. The van der Waals surface area contributed by atoms with Crippen molar-refractivity contribution >= 4 is 28.4 Å². The fourth-order valence-corrected chi connectivity index (χ4v) is 2.32. The van der Waals surface area contributed by atoms with Crippen LogP contribution in [0.1, 0.15) is 5.56 Å². The molecule has 8 heteroatoms. The summed E-state index contributed by atoms with van der Waals surface area (Å²) in [6.07, 6.45) is 3.02. The molecule has 0 fully saturated rings. The van der Waals surface area contributed by atoms with Crippen LogP contribution in [0.5, 0.6) is 0 Å². The van der Waals surface area contributed by atoms with Gasteiger partial charge in [-0.3, -0.25) is 14.9 Å². The Labute approximate surface area is 130 Å². The van der Waals surface area contributed by atoms with Gasteiger partial charge in [0.05, 0.1) is 16.8 Å². The van der Waals surface area contributed by atoms with Crippen molar-refractivity contribution in [3.63, 3.8) is 0 Å². The van der Waals surface area contributed by atoms with Gasteiger partial charge in [-0.25, -0.2) is 9.97 Å². The van der Waals surface area contributed by atoms with E-state index in [1.54, 1.807) is 24.4 Å². The number of amides is 1. The lowest BCUT2D eigenvalue weighted by atomic mass is 10.2. The van der Waals surface area contributed by atoms with Crippen LogP contribution in [0.15, 0.2) is 42.9 Å². The van der Waals surface area contributed by atoms with Crippen molar-refractivity contribution in [2.24, 2.45) is 0 Å². The highest BCUT2D eigenvalue weighted by Gasteiger charge is 2.18. The molecule has 0 saturated carbocycles. The second-order valence-corrected chi connectivity index (χ2v) is 5.04. The van der Waals surface area contributed by atoms with Gasteiger partial charge in [-0.2, -0.15) is 0 Å². The molecule has 1 aromatic carbocycles. The molecule has 0 radical (unpaired) electrons. The third-order valence-corrected chi connectivity index (χ3v) is 3.31. The molecule has 2 aromatic heterocycles. The highest BCUT2D eigenvalue weighted by Crippen LogP contribution is 2.24. The molecular formula is C15H13N5O3. The summed E-state index contributed by atoms with van der Waals surface area (Å²) < 4.78 is 1.46. The minimum absolute atomic E-state index is 0.0820. The number of carbonyl (C=O) groups is 1. The quantitative estimate of drug-likeness (QED) is 0.588. The number of benzene rings is 1. The Kier molecular flexibility index (Phi) is 3.71. The number of pyridine rings is 1. The zero-order valence-corrected chi connectivity index (χ0v) is 12.3. The molecule has 1 amide bonds. The predicted octanol–water partition coefficient (Wildman–Crippen LogP) is 2.29. The van der Waals surface area contributed by atoms with Crippen molar-refractivity contribution in [3.05, 3.63) is 58.5 Å². The number of aromatic nitrogens is 3. The highest BCUT2D eigenvalue weighted by atomic mass is 16.6. The normalized spacial score (nSPS) is 10.7. The molecule has 0 bridgehead atoms. The zero-order valence-electron chi connectivity index (χ0n) is 12.3. The zero-order chi connectivity index (χ0) is 16.4. The lowest BCUT2D eigenvalue weighted by Gasteiger charge is -2.06. The van der Waals surface area contributed by atoms with Gasteiger partial charge < -0.3 is 9.88 Å². The van der Waals surface area contributed by atoms with Gasteiger partial charge in [0.25, 0.3) is 5.69 Å². The summed E-state index contributed by atoms with van der Waals surface area (Å²) in [6, 6.07) is 8.18. The van der Waals surface area contributed by atoms with E-state index in [0.717, 1.165) is 5.56 Å². The Morgan fingerprint density at radius 2 is 2.17 bits per heavy atom. The smallest absolute Gasteiger partial charge is 0.295 e. The standard InChI is InChI=1S/C15H13N5O3/c1-10-5-6-16-13(7-10)18-14(21)8-19-9-17-11-3-2-4-12(15(11)19)20(22)23/h2-7,9H,8H2,1H3,(H,16,18,21). The Hall–Kier alpha value is -3.29. The van der Waals surface area contributed by atoms with Gasteiger partial charge in [-0.15, -0.1) is 0 Å². The molecule has 0 saturated heterocycles. The van der Waals surface area contributed by atoms with E-state index in [4.69, 9.17) is 0 Å². The predicted molar refractivity (Wildman–Crippen MR) is 84.0 cm³/mol. The minimum atomic E-state index is -0.486. The summed E-state index contributed by atoms with van der Waals surface area (Å²) in [4.78, 5) is 30.9. The first-order chi connectivity index (χ1) is 11.0. The number of nitrogens with one attached hydrogen (secondary N) is 1. The molecule has 0 aliphatic rings. The Morgan fingerprint density at radius 3 is 2.91 bits per heavy atom. The first-order valence-electron chi connectivity index (χ1n) is 6.85. The Morgan fingerprint density at radius 1 is 1.35 bits per heavy atom. The van der Waals surface area contributed by atoms with E-state index in [0.29, 0.717) is 16.9 Å². The van der Waals surface area contributed by atoms with E-state index in [9.17, 15) is 14.9 Å². The third kappa shape index (κ3) is 3.00.